The number of aromatic nitrogens is 3. The monoisotopic (exact) mass is 427 g/mol. The number of aromatic amines is 1. The van der Waals surface area contributed by atoms with E-state index >= 15 is 0 Å². The number of hydrogen-bond acceptors (Lipinski definition) is 6. The summed E-state index contributed by atoms with van der Waals surface area (Å²) in [4.78, 5) is 25.2. The van der Waals surface area contributed by atoms with E-state index in [4.69, 9.17) is 10.5 Å². The molecule has 2 aromatic carbocycles. The largest absolute Gasteiger partial charge is 0.457 e. The van der Waals surface area contributed by atoms with Crippen LogP contribution in [0.5, 0.6) is 11.5 Å². The zero-order valence-corrected chi connectivity index (χ0v) is 17.6. The van der Waals surface area contributed by atoms with Crippen LogP contribution in [-0.2, 0) is 0 Å². The van der Waals surface area contributed by atoms with Crippen LogP contribution in [0.25, 0.3) is 11.0 Å². The molecule has 0 amide bonds. The summed E-state index contributed by atoms with van der Waals surface area (Å²) >= 11 is 0. The highest BCUT2D eigenvalue weighted by Crippen LogP contribution is 2.29. The van der Waals surface area contributed by atoms with Crippen LogP contribution in [0.15, 0.2) is 67.1 Å². The third-order valence-corrected chi connectivity index (χ3v) is 5.92. The number of carbonyl (C=O) groups excluding carboxylic acids is 1. The van der Waals surface area contributed by atoms with Gasteiger partial charge in [0.2, 0.25) is 0 Å². The molecular formula is C25H25N5O2. The number of nitrogens with zero attached hydrogens (tertiary/aromatic N) is 2. The number of nitrogens with two attached hydrogens (primary N) is 1. The molecule has 0 atom stereocenters. The number of ether oxygens (including phenoxy) is 1. The summed E-state index contributed by atoms with van der Waals surface area (Å²) < 4.78 is 5.83. The molecule has 7 heteroatoms. The van der Waals surface area contributed by atoms with E-state index < -0.39 is 0 Å². The summed E-state index contributed by atoms with van der Waals surface area (Å²) in [5.41, 5.74) is 7.80. The third-order valence-electron chi connectivity index (χ3n) is 5.92. The number of para-hydroxylation sites is 1. The molecule has 4 aromatic rings. The number of anilines is 1. The minimum Gasteiger partial charge on any atom is -0.457 e. The second-order valence-corrected chi connectivity index (χ2v) is 8.17. The maximum Gasteiger partial charge on any atom is 0.195 e. The van der Waals surface area contributed by atoms with Gasteiger partial charge in [-0.2, -0.15) is 0 Å². The van der Waals surface area contributed by atoms with Crippen LogP contribution < -0.4 is 15.8 Å². The van der Waals surface area contributed by atoms with E-state index in [9.17, 15) is 4.79 Å². The number of H-pyrrole nitrogens is 1. The molecular weight excluding hydrogens is 402 g/mol. The van der Waals surface area contributed by atoms with Crippen molar-refractivity contribution in [3.05, 3.63) is 78.2 Å². The van der Waals surface area contributed by atoms with Gasteiger partial charge in [0.15, 0.2) is 5.78 Å². The topological polar surface area (TPSA) is 106 Å². The zero-order chi connectivity index (χ0) is 21.9. The first-order valence-corrected chi connectivity index (χ1v) is 10.9. The summed E-state index contributed by atoms with van der Waals surface area (Å²) in [5, 5.41) is 4.23. The van der Waals surface area contributed by atoms with Crippen LogP contribution in [0.3, 0.4) is 0 Å². The van der Waals surface area contributed by atoms with Crippen molar-refractivity contribution in [2.24, 2.45) is 5.73 Å². The molecule has 5 rings (SSSR count). The molecule has 0 aliphatic heterocycles. The maximum absolute atomic E-state index is 13.3. The van der Waals surface area contributed by atoms with Gasteiger partial charge in [0.25, 0.3) is 0 Å². The van der Waals surface area contributed by atoms with E-state index in [0.717, 1.165) is 36.8 Å². The van der Waals surface area contributed by atoms with Gasteiger partial charge in [0.1, 0.15) is 29.3 Å². The van der Waals surface area contributed by atoms with Gasteiger partial charge in [-0.3, -0.25) is 4.79 Å². The molecule has 2 aromatic heterocycles. The van der Waals surface area contributed by atoms with Gasteiger partial charge in [0, 0.05) is 23.8 Å². The predicted octanol–water partition coefficient (Wildman–Crippen LogP) is 4.66. The number of carbonyl (C=O) groups is 1. The molecule has 4 N–H and O–H groups in total. The van der Waals surface area contributed by atoms with Crippen molar-refractivity contribution >= 4 is 22.6 Å². The smallest absolute Gasteiger partial charge is 0.195 e. The van der Waals surface area contributed by atoms with Crippen molar-refractivity contribution in [2.45, 2.75) is 37.8 Å². The lowest BCUT2D eigenvalue weighted by Crippen LogP contribution is -2.33. The Morgan fingerprint density at radius 2 is 1.69 bits per heavy atom. The van der Waals surface area contributed by atoms with Crippen molar-refractivity contribution < 1.29 is 9.53 Å². The SMILES string of the molecule is N[C@H]1CC[C@@H](Nc2ncnc3[nH]cc(C(=O)c4ccc(Oc5ccccc5)cc4)c23)CC1. The summed E-state index contributed by atoms with van der Waals surface area (Å²) in [6.07, 6.45) is 7.18. The highest BCUT2D eigenvalue weighted by molar-refractivity contribution is 6.18. The Balaban J connectivity index is 1.39. The van der Waals surface area contributed by atoms with Crippen molar-refractivity contribution in [2.75, 3.05) is 5.32 Å². The lowest BCUT2D eigenvalue weighted by Gasteiger charge is -2.27. The first-order valence-electron chi connectivity index (χ1n) is 10.9. The third kappa shape index (κ3) is 4.20. The van der Waals surface area contributed by atoms with Crippen LogP contribution in [0.2, 0.25) is 0 Å². The first-order chi connectivity index (χ1) is 15.7. The van der Waals surface area contributed by atoms with Crippen molar-refractivity contribution in [1.82, 2.24) is 15.0 Å². The molecule has 1 aliphatic carbocycles. The molecule has 0 saturated heterocycles. The minimum atomic E-state index is -0.0916. The molecule has 1 saturated carbocycles. The van der Waals surface area contributed by atoms with Gasteiger partial charge in [-0.15, -0.1) is 0 Å². The molecule has 0 radical (unpaired) electrons. The number of nitrogens with one attached hydrogen (secondary N) is 2. The normalized spacial score (nSPS) is 18.4. The summed E-state index contributed by atoms with van der Waals surface area (Å²) in [7, 11) is 0. The Labute approximate surface area is 186 Å². The van der Waals surface area contributed by atoms with Crippen molar-refractivity contribution in [3.63, 3.8) is 0 Å². The van der Waals surface area contributed by atoms with Crippen LogP contribution in [0.4, 0.5) is 5.82 Å². The summed E-state index contributed by atoms with van der Waals surface area (Å²) in [5.74, 6) is 2.02. The fourth-order valence-electron chi connectivity index (χ4n) is 4.16. The van der Waals surface area contributed by atoms with Gasteiger partial charge >= 0.3 is 0 Å². The highest BCUT2D eigenvalue weighted by atomic mass is 16.5. The van der Waals surface area contributed by atoms with Crippen LogP contribution in [-0.4, -0.2) is 32.8 Å². The Morgan fingerprint density at radius 3 is 2.44 bits per heavy atom. The van der Waals surface area contributed by atoms with Crippen LogP contribution in [0, 0.1) is 0 Å². The first kappa shape index (κ1) is 20.2. The Hall–Kier alpha value is -3.71. The van der Waals surface area contributed by atoms with Gasteiger partial charge < -0.3 is 20.8 Å². The molecule has 0 bridgehead atoms. The molecule has 0 spiro atoms. The quantitative estimate of drug-likeness (QED) is 0.386. The van der Waals surface area contributed by atoms with Gasteiger partial charge in [-0.25, -0.2) is 9.97 Å². The van der Waals surface area contributed by atoms with Crippen molar-refractivity contribution in [3.8, 4) is 11.5 Å². The Morgan fingerprint density at radius 1 is 0.969 bits per heavy atom. The highest BCUT2D eigenvalue weighted by Gasteiger charge is 2.22. The second-order valence-electron chi connectivity index (χ2n) is 8.17. The average Bonchev–Trinajstić information content (AvgIpc) is 3.27. The Bertz CT molecular complexity index is 1210. The standard InChI is InChI=1S/C25H25N5O2/c26-17-8-10-18(11-9-17)30-25-22-21(14-27-24(22)28-15-29-25)23(31)16-6-12-20(13-7-16)32-19-4-2-1-3-5-19/h1-7,12-15,17-18H,8-11,26H2,(H2,27,28,29,30)/t17-,18+. The fourth-order valence-corrected chi connectivity index (χ4v) is 4.16. The van der Waals surface area contributed by atoms with Gasteiger partial charge in [0.05, 0.1) is 10.9 Å². The summed E-state index contributed by atoms with van der Waals surface area (Å²) in [6.45, 7) is 0. The van der Waals surface area contributed by atoms with Crippen molar-refractivity contribution in [1.29, 1.82) is 0 Å². The average molecular weight is 428 g/mol. The van der Waals surface area contributed by atoms with E-state index in [1.165, 1.54) is 6.33 Å². The van der Waals surface area contributed by atoms with E-state index in [0.29, 0.717) is 34.4 Å². The molecule has 0 unspecified atom stereocenters. The van der Waals surface area contributed by atoms with Gasteiger partial charge in [-0.05, 0) is 62.1 Å². The molecule has 162 valence electrons. The number of hydrogen-bond donors (Lipinski definition) is 3. The van der Waals surface area contributed by atoms with E-state index in [-0.39, 0.29) is 11.8 Å². The summed E-state index contributed by atoms with van der Waals surface area (Å²) in [6, 6.07) is 17.3. The second kappa shape index (κ2) is 8.80. The zero-order valence-electron chi connectivity index (χ0n) is 17.6. The van der Waals surface area contributed by atoms with Crippen LogP contribution >= 0.6 is 0 Å². The van der Waals surface area contributed by atoms with Crippen LogP contribution in [0.1, 0.15) is 41.6 Å². The maximum atomic E-state index is 13.3. The van der Waals surface area contributed by atoms with E-state index in [1.54, 1.807) is 30.5 Å². The fraction of sp³-hybridized carbons (Fsp3) is 0.240. The minimum absolute atomic E-state index is 0.0916. The molecule has 1 fully saturated rings. The molecule has 1 aliphatic rings. The molecule has 32 heavy (non-hydrogen) atoms. The number of ketones is 1. The molecule has 2 heterocycles. The lowest BCUT2D eigenvalue weighted by atomic mass is 9.92. The predicted molar refractivity (Wildman–Crippen MR) is 124 cm³/mol. The number of rotatable bonds is 6. The number of benzene rings is 2. The van der Waals surface area contributed by atoms with Gasteiger partial charge in [-0.1, -0.05) is 18.2 Å². The lowest BCUT2D eigenvalue weighted by molar-refractivity contribution is 0.104. The molecule has 7 nitrogen and oxygen atoms in total. The van der Waals surface area contributed by atoms with E-state index in [2.05, 4.69) is 20.3 Å². The number of fused-ring (bicyclic) bond motifs is 1. The van der Waals surface area contributed by atoms with E-state index in [1.807, 2.05) is 30.3 Å². The Kier molecular flexibility index (Phi) is 5.56.